The summed E-state index contributed by atoms with van der Waals surface area (Å²) in [5.74, 6) is 0.654. The fraction of sp³-hybridized carbons (Fsp3) is 0.304. The Morgan fingerprint density at radius 2 is 1.66 bits per heavy atom. The molecular formula is C23H24O6. The molecule has 0 unspecified atom stereocenters. The molecule has 0 bridgehead atoms. The summed E-state index contributed by atoms with van der Waals surface area (Å²) in [4.78, 5) is 24.2. The third kappa shape index (κ3) is 4.42. The highest BCUT2D eigenvalue weighted by Gasteiger charge is 2.30. The van der Waals surface area contributed by atoms with E-state index in [4.69, 9.17) is 14.2 Å². The summed E-state index contributed by atoms with van der Waals surface area (Å²) >= 11 is 0. The summed E-state index contributed by atoms with van der Waals surface area (Å²) in [6.07, 6.45) is 3.10. The van der Waals surface area contributed by atoms with Gasteiger partial charge in [-0.3, -0.25) is 4.79 Å². The molecule has 0 saturated carbocycles. The number of rotatable bonds is 6. The van der Waals surface area contributed by atoms with E-state index in [1.54, 1.807) is 38.5 Å². The second-order valence-corrected chi connectivity index (χ2v) is 7.38. The first kappa shape index (κ1) is 20.5. The van der Waals surface area contributed by atoms with E-state index < -0.39 is 11.6 Å². The Hall–Kier alpha value is -3.28. The number of Topliss-reactive ketones (excluding diaryl/α,β-unsaturated/α-hetero) is 1. The molecule has 0 spiro atoms. The number of hydrogen-bond acceptors (Lipinski definition) is 5. The normalized spacial score (nSPS) is 15.0. The predicted molar refractivity (Wildman–Crippen MR) is 109 cm³/mol. The summed E-state index contributed by atoms with van der Waals surface area (Å²) in [6, 6.07) is 10.6. The van der Waals surface area contributed by atoms with Crippen molar-refractivity contribution in [1.29, 1.82) is 0 Å². The Kier molecular flexibility index (Phi) is 5.64. The standard InChI is InChI=1S/C23H24O6/c1-23(2,22(25)26)29-17-7-8-20-15(12-17)5-6-16(21(20)24)9-14-10-18(27-3)13-19(11-14)28-4/h7-13H,5-6H2,1-4H3,(H,25,26). The molecule has 6 heteroatoms. The average Bonchev–Trinajstić information content (AvgIpc) is 2.69. The van der Waals surface area contributed by atoms with E-state index in [1.807, 2.05) is 18.2 Å². The Morgan fingerprint density at radius 3 is 2.24 bits per heavy atom. The SMILES string of the molecule is COc1cc(C=C2CCc3cc(OC(C)(C)C(=O)O)ccc3C2=O)cc(OC)c1. The van der Waals surface area contributed by atoms with Gasteiger partial charge in [0.15, 0.2) is 11.4 Å². The molecule has 1 aliphatic carbocycles. The molecule has 0 saturated heterocycles. The molecule has 152 valence electrons. The van der Waals surface area contributed by atoms with Crippen LogP contribution in [0.25, 0.3) is 6.08 Å². The third-order valence-electron chi connectivity index (χ3n) is 4.88. The van der Waals surface area contributed by atoms with Gasteiger partial charge in [0.2, 0.25) is 0 Å². The Morgan fingerprint density at radius 1 is 1.00 bits per heavy atom. The van der Waals surface area contributed by atoms with Gasteiger partial charge in [0.05, 0.1) is 14.2 Å². The number of ether oxygens (including phenoxy) is 3. The second kappa shape index (κ2) is 7.99. The van der Waals surface area contributed by atoms with E-state index in [2.05, 4.69) is 0 Å². The zero-order valence-electron chi connectivity index (χ0n) is 16.9. The van der Waals surface area contributed by atoms with Crippen molar-refractivity contribution in [3.05, 3.63) is 58.7 Å². The van der Waals surface area contributed by atoms with Crippen LogP contribution < -0.4 is 14.2 Å². The molecule has 0 aromatic heterocycles. The molecular weight excluding hydrogens is 372 g/mol. The van der Waals surface area contributed by atoms with E-state index in [1.165, 1.54) is 13.8 Å². The molecule has 1 aliphatic rings. The van der Waals surface area contributed by atoms with Crippen LogP contribution in [0.2, 0.25) is 0 Å². The molecule has 0 radical (unpaired) electrons. The van der Waals surface area contributed by atoms with Crippen molar-refractivity contribution >= 4 is 17.8 Å². The maximum Gasteiger partial charge on any atom is 0.347 e. The second-order valence-electron chi connectivity index (χ2n) is 7.38. The number of carboxylic acids is 1. The minimum atomic E-state index is -1.34. The number of aliphatic carboxylic acids is 1. The van der Waals surface area contributed by atoms with Gasteiger partial charge in [0.25, 0.3) is 0 Å². The lowest BCUT2D eigenvalue weighted by molar-refractivity contribution is -0.152. The number of carbonyl (C=O) groups is 2. The van der Waals surface area contributed by atoms with Crippen LogP contribution in [0.4, 0.5) is 0 Å². The summed E-state index contributed by atoms with van der Waals surface area (Å²) in [7, 11) is 3.16. The van der Waals surface area contributed by atoms with Crippen molar-refractivity contribution in [1.82, 2.24) is 0 Å². The minimum Gasteiger partial charge on any atom is -0.497 e. The largest absolute Gasteiger partial charge is 0.497 e. The van der Waals surface area contributed by atoms with E-state index in [0.717, 1.165) is 11.1 Å². The van der Waals surface area contributed by atoms with Crippen LogP contribution in [0.1, 0.15) is 41.8 Å². The van der Waals surface area contributed by atoms with Gasteiger partial charge in [0, 0.05) is 17.2 Å². The highest BCUT2D eigenvalue weighted by atomic mass is 16.5. The molecule has 6 nitrogen and oxygen atoms in total. The van der Waals surface area contributed by atoms with Crippen molar-refractivity contribution in [3.8, 4) is 17.2 Å². The zero-order chi connectivity index (χ0) is 21.2. The summed E-state index contributed by atoms with van der Waals surface area (Å²) in [5, 5.41) is 9.23. The van der Waals surface area contributed by atoms with Crippen LogP contribution in [0, 0.1) is 0 Å². The van der Waals surface area contributed by atoms with Gasteiger partial charge in [-0.1, -0.05) is 0 Å². The maximum atomic E-state index is 13.0. The molecule has 1 N–H and O–H groups in total. The van der Waals surface area contributed by atoms with Gasteiger partial charge in [-0.25, -0.2) is 4.79 Å². The number of hydrogen-bond donors (Lipinski definition) is 1. The van der Waals surface area contributed by atoms with Crippen molar-refractivity contribution in [3.63, 3.8) is 0 Å². The first-order chi connectivity index (χ1) is 13.7. The van der Waals surface area contributed by atoms with Crippen LogP contribution in [-0.2, 0) is 11.2 Å². The van der Waals surface area contributed by atoms with Crippen LogP contribution in [0.15, 0.2) is 42.0 Å². The zero-order valence-corrected chi connectivity index (χ0v) is 16.9. The lowest BCUT2D eigenvalue weighted by Gasteiger charge is -2.24. The number of carbonyl (C=O) groups excluding carboxylic acids is 1. The van der Waals surface area contributed by atoms with Crippen molar-refractivity contribution < 1.29 is 28.9 Å². The van der Waals surface area contributed by atoms with Crippen LogP contribution in [0.3, 0.4) is 0 Å². The predicted octanol–water partition coefficient (Wildman–Crippen LogP) is 4.16. The monoisotopic (exact) mass is 396 g/mol. The molecule has 29 heavy (non-hydrogen) atoms. The number of benzene rings is 2. The topological polar surface area (TPSA) is 82.1 Å². The number of methoxy groups -OCH3 is 2. The molecule has 0 amide bonds. The Balaban J connectivity index is 1.88. The van der Waals surface area contributed by atoms with Gasteiger partial charge in [-0.05, 0) is 74.2 Å². The fourth-order valence-electron chi connectivity index (χ4n) is 3.21. The highest BCUT2D eigenvalue weighted by molar-refractivity contribution is 6.13. The number of ketones is 1. The van der Waals surface area contributed by atoms with Crippen LogP contribution in [0.5, 0.6) is 17.2 Å². The van der Waals surface area contributed by atoms with Crippen molar-refractivity contribution in [2.75, 3.05) is 14.2 Å². The summed E-state index contributed by atoms with van der Waals surface area (Å²) in [5.41, 5.74) is 1.65. The minimum absolute atomic E-state index is 0.0444. The number of aryl methyl sites for hydroxylation is 1. The fourth-order valence-corrected chi connectivity index (χ4v) is 3.21. The molecule has 0 aliphatic heterocycles. The lowest BCUT2D eigenvalue weighted by atomic mass is 9.86. The average molecular weight is 396 g/mol. The molecule has 2 aromatic rings. The van der Waals surface area contributed by atoms with Crippen LogP contribution in [-0.4, -0.2) is 36.7 Å². The summed E-state index contributed by atoms with van der Waals surface area (Å²) < 4.78 is 16.2. The first-order valence-corrected chi connectivity index (χ1v) is 9.27. The highest BCUT2D eigenvalue weighted by Crippen LogP contribution is 2.32. The van der Waals surface area contributed by atoms with E-state index in [9.17, 15) is 14.7 Å². The molecule has 0 heterocycles. The summed E-state index contributed by atoms with van der Waals surface area (Å²) in [6.45, 7) is 2.98. The van der Waals surface area contributed by atoms with Crippen LogP contribution >= 0.6 is 0 Å². The molecule has 2 aromatic carbocycles. The first-order valence-electron chi connectivity index (χ1n) is 9.27. The number of carboxylic acid groups (broad SMARTS) is 1. The number of allylic oxidation sites excluding steroid dienone is 1. The molecule has 0 atom stereocenters. The maximum absolute atomic E-state index is 13.0. The third-order valence-corrected chi connectivity index (χ3v) is 4.88. The van der Waals surface area contributed by atoms with Gasteiger partial charge in [-0.15, -0.1) is 0 Å². The van der Waals surface area contributed by atoms with E-state index >= 15 is 0 Å². The quantitative estimate of drug-likeness (QED) is 0.739. The van der Waals surface area contributed by atoms with E-state index in [0.29, 0.717) is 41.2 Å². The Bertz CT molecular complexity index is 965. The number of fused-ring (bicyclic) bond motifs is 1. The van der Waals surface area contributed by atoms with Gasteiger partial charge >= 0.3 is 5.97 Å². The van der Waals surface area contributed by atoms with Crippen molar-refractivity contribution in [2.45, 2.75) is 32.3 Å². The smallest absolute Gasteiger partial charge is 0.347 e. The van der Waals surface area contributed by atoms with E-state index in [-0.39, 0.29) is 5.78 Å². The molecule has 0 fully saturated rings. The van der Waals surface area contributed by atoms with Crippen molar-refractivity contribution in [2.24, 2.45) is 0 Å². The van der Waals surface area contributed by atoms with Gasteiger partial charge in [0.1, 0.15) is 17.2 Å². The van der Waals surface area contributed by atoms with Gasteiger partial charge in [-0.2, -0.15) is 0 Å². The van der Waals surface area contributed by atoms with Gasteiger partial charge < -0.3 is 19.3 Å². The Labute approximate surface area is 169 Å². The molecule has 3 rings (SSSR count). The lowest BCUT2D eigenvalue weighted by Crippen LogP contribution is -2.37.